The molecule has 0 aliphatic carbocycles. The van der Waals surface area contributed by atoms with E-state index in [1.807, 2.05) is 47.8 Å². The number of hydrogen-bond donors (Lipinski definition) is 1. The number of rotatable bonds is 6. The monoisotopic (exact) mass is 416 g/mol. The van der Waals surface area contributed by atoms with Gasteiger partial charge < -0.3 is 4.74 Å². The average Bonchev–Trinajstić information content (AvgIpc) is 3.35. The van der Waals surface area contributed by atoms with E-state index in [-0.39, 0.29) is 12.5 Å². The van der Waals surface area contributed by atoms with Gasteiger partial charge in [-0.2, -0.15) is 0 Å². The van der Waals surface area contributed by atoms with Crippen molar-refractivity contribution in [2.24, 2.45) is 0 Å². The molecule has 1 aliphatic rings. The zero-order valence-electron chi connectivity index (χ0n) is 14.9. The summed E-state index contributed by atoms with van der Waals surface area (Å²) in [4.78, 5) is 16.8. The molecule has 27 heavy (non-hydrogen) atoms. The van der Waals surface area contributed by atoms with Gasteiger partial charge in [-0.3, -0.25) is 10.1 Å². The second kappa shape index (κ2) is 8.54. The lowest BCUT2D eigenvalue weighted by Gasteiger charge is -2.14. The number of nitrogens with zero attached hydrogens (tertiary/aromatic N) is 1. The summed E-state index contributed by atoms with van der Waals surface area (Å²) in [6.07, 6.45) is 0.986. The fourth-order valence-corrected chi connectivity index (χ4v) is 6.74. The van der Waals surface area contributed by atoms with Crippen molar-refractivity contribution in [1.29, 1.82) is 0 Å². The Kier molecular flexibility index (Phi) is 5.90. The molecule has 4 rings (SSSR count). The van der Waals surface area contributed by atoms with Gasteiger partial charge >= 0.3 is 0 Å². The van der Waals surface area contributed by atoms with Gasteiger partial charge in [-0.25, -0.2) is 4.98 Å². The Morgan fingerprint density at radius 2 is 2.04 bits per heavy atom. The van der Waals surface area contributed by atoms with Gasteiger partial charge in [0.15, 0.2) is 11.7 Å². The first kappa shape index (κ1) is 18.7. The zero-order valence-corrected chi connectivity index (χ0v) is 17.4. The molecular weight excluding hydrogens is 396 g/mol. The van der Waals surface area contributed by atoms with E-state index in [2.05, 4.69) is 35.4 Å². The Morgan fingerprint density at radius 1 is 1.22 bits per heavy atom. The van der Waals surface area contributed by atoms with E-state index in [1.165, 1.54) is 16.9 Å². The lowest BCUT2D eigenvalue weighted by Crippen LogP contribution is -2.20. The fourth-order valence-electron chi connectivity index (χ4n) is 2.89. The molecule has 4 nitrogen and oxygen atoms in total. The first-order chi connectivity index (χ1) is 13.2. The molecule has 0 spiro atoms. The molecule has 1 fully saturated rings. The minimum Gasteiger partial charge on any atom is -0.483 e. The number of aryl methyl sites for hydroxylation is 1. The van der Waals surface area contributed by atoms with Crippen LogP contribution in [0.25, 0.3) is 10.2 Å². The topological polar surface area (TPSA) is 51.2 Å². The summed E-state index contributed by atoms with van der Waals surface area (Å²) in [5.74, 6) is 2.91. The Labute approximate surface area is 171 Å². The van der Waals surface area contributed by atoms with Crippen LogP contribution >= 0.6 is 34.9 Å². The van der Waals surface area contributed by atoms with Gasteiger partial charge in [0.25, 0.3) is 5.91 Å². The van der Waals surface area contributed by atoms with Crippen molar-refractivity contribution >= 4 is 56.1 Å². The van der Waals surface area contributed by atoms with E-state index >= 15 is 0 Å². The molecule has 1 amide bonds. The number of aromatic nitrogens is 1. The largest absolute Gasteiger partial charge is 0.483 e. The Balaban J connectivity index is 1.40. The highest BCUT2D eigenvalue weighted by molar-refractivity contribution is 8.19. The highest BCUT2D eigenvalue weighted by Crippen LogP contribution is 2.48. The minimum atomic E-state index is -0.189. The third-order valence-electron chi connectivity index (χ3n) is 4.26. The maximum atomic E-state index is 12.3. The number of amides is 1. The number of nitrogens with one attached hydrogen (secondary N) is 1. The number of thioether (sulfide) groups is 2. The van der Waals surface area contributed by atoms with Crippen LogP contribution in [0.5, 0.6) is 5.75 Å². The summed E-state index contributed by atoms with van der Waals surface area (Å²) in [6, 6.07) is 14.2. The van der Waals surface area contributed by atoms with Crippen molar-refractivity contribution < 1.29 is 9.53 Å². The van der Waals surface area contributed by atoms with Gasteiger partial charge in [-0.1, -0.05) is 42.5 Å². The first-order valence-electron chi connectivity index (χ1n) is 8.87. The molecule has 1 aromatic heterocycles. The molecule has 0 atom stereocenters. The second-order valence-corrected chi connectivity index (χ2v) is 9.88. The highest BCUT2D eigenvalue weighted by atomic mass is 32.2. The van der Waals surface area contributed by atoms with Crippen molar-refractivity contribution in [3.8, 4) is 5.75 Å². The van der Waals surface area contributed by atoms with E-state index in [9.17, 15) is 4.79 Å². The lowest BCUT2D eigenvalue weighted by molar-refractivity contribution is -0.118. The van der Waals surface area contributed by atoms with Crippen LogP contribution in [0.1, 0.15) is 22.6 Å². The van der Waals surface area contributed by atoms with Crippen LogP contribution in [0.15, 0.2) is 42.5 Å². The van der Waals surface area contributed by atoms with E-state index in [0.29, 0.717) is 9.71 Å². The maximum absolute atomic E-state index is 12.3. The third-order valence-corrected chi connectivity index (χ3v) is 8.26. The number of benzene rings is 2. The summed E-state index contributed by atoms with van der Waals surface area (Å²) in [5.41, 5.74) is 3.34. The number of thiazole rings is 1. The predicted molar refractivity (Wildman–Crippen MR) is 117 cm³/mol. The number of carbonyl (C=O) groups excluding carboxylic acids is 1. The molecule has 0 bridgehead atoms. The van der Waals surface area contributed by atoms with Crippen LogP contribution in [0, 0.1) is 0 Å². The SMILES string of the molecule is CCc1ccc2nc(NC(=O)COc3ccccc3C3SCCS3)sc2c1. The van der Waals surface area contributed by atoms with Crippen LogP contribution in [0.4, 0.5) is 5.13 Å². The smallest absolute Gasteiger partial charge is 0.264 e. The first-order valence-corrected chi connectivity index (χ1v) is 11.8. The van der Waals surface area contributed by atoms with E-state index in [0.717, 1.165) is 39.5 Å². The molecule has 1 N–H and O–H groups in total. The molecule has 7 heteroatoms. The Hall–Kier alpha value is -1.70. The lowest BCUT2D eigenvalue weighted by atomic mass is 10.2. The molecular formula is C20H20N2O2S3. The van der Waals surface area contributed by atoms with Gasteiger partial charge in [0.05, 0.1) is 14.8 Å². The van der Waals surface area contributed by atoms with Crippen molar-refractivity contribution in [3.05, 3.63) is 53.6 Å². The summed E-state index contributed by atoms with van der Waals surface area (Å²) in [7, 11) is 0. The highest BCUT2D eigenvalue weighted by Gasteiger charge is 2.22. The molecule has 2 heterocycles. The molecule has 0 saturated carbocycles. The van der Waals surface area contributed by atoms with Crippen molar-refractivity contribution in [2.75, 3.05) is 23.4 Å². The summed E-state index contributed by atoms with van der Waals surface area (Å²) in [5, 5.41) is 3.47. The summed E-state index contributed by atoms with van der Waals surface area (Å²) in [6.45, 7) is 2.11. The van der Waals surface area contributed by atoms with Crippen LogP contribution in [0.3, 0.4) is 0 Å². The number of anilines is 1. The van der Waals surface area contributed by atoms with Crippen molar-refractivity contribution in [2.45, 2.75) is 17.9 Å². The number of ether oxygens (including phenoxy) is 1. The maximum Gasteiger partial charge on any atom is 0.264 e. The van der Waals surface area contributed by atoms with Crippen molar-refractivity contribution in [1.82, 2.24) is 4.98 Å². The fraction of sp³-hybridized carbons (Fsp3) is 0.300. The normalized spacial score (nSPS) is 14.6. The molecule has 1 aliphatic heterocycles. The molecule has 0 unspecified atom stereocenters. The van der Waals surface area contributed by atoms with Crippen LogP contribution in [0.2, 0.25) is 0 Å². The third kappa shape index (κ3) is 4.42. The molecule has 3 aromatic rings. The van der Waals surface area contributed by atoms with E-state index in [4.69, 9.17) is 4.74 Å². The van der Waals surface area contributed by atoms with Gasteiger partial charge in [0, 0.05) is 17.1 Å². The van der Waals surface area contributed by atoms with Crippen LogP contribution < -0.4 is 10.1 Å². The molecule has 2 aromatic carbocycles. The summed E-state index contributed by atoms with van der Waals surface area (Å²) < 4.78 is 7.31. The molecule has 140 valence electrons. The number of hydrogen-bond acceptors (Lipinski definition) is 6. The zero-order chi connectivity index (χ0) is 18.6. The molecule has 1 saturated heterocycles. The summed E-state index contributed by atoms with van der Waals surface area (Å²) >= 11 is 5.35. The minimum absolute atomic E-state index is 0.0186. The van der Waals surface area contributed by atoms with Gasteiger partial charge in [-0.05, 0) is 30.2 Å². The number of fused-ring (bicyclic) bond motifs is 1. The van der Waals surface area contributed by atoms with Gasteiger partial charge in [0.2, 0.25) is 0 Å². The van der Waals surface area contributed by atoms with E-state index < -0.39 is 0 Å². The standard InChI is InChI=1S/C20H20N2O2S3/c1-2-13-7-8-15-17(11-13)27-20(21-15)22-18(23)12-24-16-6-4-3-5-14(16)19-25-9-10-26-19/h3-8,11,19H,2,9-10,12H2,1H3,(H,21,22,23). The Morgan fingerprint density at radius 3 is 2.85 bits per heavy atom. The van der Waals surface area contributed by atoms with Crippen molar-refractivity contribution in [3.63, 3.8) is 0 Å². The van der Waals surface area contributed by atoms with E-state index in [1.54, 1.807) is 0 Å². The van der Waals surface area contributed by atoms with Crippen LogP contribution in [-0.4, -0.2) is 29.0 Å². The quantitative estimate of drug-likeness (QED) is 0.587. The number of carbonyl (C=O) groups is 1. The van der Waals surface area contributed by atoms with Crippen LogP contribution in [-0.2, 0) is 11.2 Å². The number of para-hydroxylation sites is 1. The van der Waals surface area contributed by atoms with Gasteiger partial charge in [-0.15, -0.1) is 23.5 Å². The predicted octanol–water partition coefficient (Wildman–Crippen LogP) is 5.35. The Bertz CT molecular complexity index is 951. The second-order valence-electron chi connectivity index (χ2n) is 6.12. The average molecular weight is 417 g/mol. The van der Waals surface area contributed by atoms with Gasteiger partial charge in [0.1, 0.15) is 5.75 Å². The molecule has 0 radical (unpaired) electrons.